The molecule has 1 aliphatic carbocycles. The Bertz CT molecular complexity index is 584. The Morgan fingerprint density at radius 2 is 2.05 bits per heavy atom. The Labute approximate surface area is 123 Å². The van der Waals surface area contributed by atoms with Gasteiger partial charge in [0.2, 0.25) is 5.91 Å². The van der Waals surface area contributed by atoms with Crippen LogP contribution < -0.4 is 5.32 Å². The van der Waals surface area contributed by atoms with Crippen molar-refractivity contribution in [1.29, 1.82) is 0 Å². The van der Waals surface area contributed by atoms with Crippen molar-refractivity contribution in [3.05, 3.63) is 35.1 Å². The fourth-order valence-corrected chi connectivity index (χ4v) is 2.76. The number of rotatable bonds is 3. The normalized spacial score (nSPS) is 21.4. The quantitative estimate of drug-likeness (QED) is 0.926. The van der Waals surface area contributed by atoms with E-state index in [-0.39, 0.29) is 23.4 Å². The molecule has 1 unspecified atom stereocenters. The summed E-state index contributed by atoms with van der Waals surface area (Å²) in [5, 5.41) is 2.93. The molecule has 2 aliphatic rings. The van der Waals surface area contributed by atoms with E-state index in [0.29, 0.717) is 13.0 Å². The number of carbonyl (C=O) groups is 2. The number of aryl methyl sites for hydroxylation is 1. The molecule has 0 spiro atoms. The van der Waals surface area contributed by atoms with Crippen molar-refractivity contribution in [3.63, 3.8) is 0 Å². The highest BCUT2D eigenvalue weighted by molar-refractivity contribution is 5.98. The lowest BCUT2D eigenvalue weighted by Crippen LogP contribution is -2.46. The predicted octanol–water partition coefficient (Wildman–Crippen LogP) is 2.02. The first kappa shape index (κ1) is 14.0. The van der Waals surface area contributed by atoms with Gasteiger partial charge in [-0.1, -0.05) is 6.07 Å². The van der Waals surface area contributed by atoms with E-state index in [2.05, 4.69) is 5.32 Å². The van der Waals surface area contributed by atoms with E-state index in [9.17, 15) is 14.0 Å². The van der Waals surface area contributed by atoms with Crippen molar-refractivity contribution in [2.45, 2.75) is 44.7 Å². The van der Waals surface area contributed by atoms with Gasteiger partial charge in [0.15, 0.2) is 0 Å². The fourth-order valence-electron chi connectivity index (χ4n) is 2.76. The van der Waals surface area contributed by atoms with Crippen LogP contribution in [0.25, 0.3) is 0 Å². The van der Waals surface area contributed by atoms with Gasteiger partial charge in [-0.25, -0.2) is 4.39 Å². The van der Waals surface area contributed by atoms with Crippen LogP contribution in [0, 0.1) is 12.7 Å². The lowest BCUT2D eigenvalue weighted by atomic mass is 10.1. The van der Waals surface area contributed by atoms with E-state index in [4.69, 9.17) is 0 Å². The van der Waals surface area contributed by atoms with E-state index in [1.54, 1.807) is 13.0 Å². The standard InChI is InChI=1S/C16H19FN2O2/c1-10-4-7-12(13(17)9-10)16(21)19-8-2-3-14(19)15(20)18-11-5-6-11/h4,7,9,11,14H,2-3,5-6,8H2,1H3,(H,18,20). The molecule has 1 aromatic carbocycles. The molecule has 1 saturated heterocycles. The molecule has 0 aromatic heterocycles. The van der Waals surface area contributed by atoms with Gasteiger partial charge in [-0.2, -0.15) is 0 Å². The van der Waals surface area contributed by atoms with E-state index in [1.807, 2.05) is 0 Å². The zero-order chi connectivity index (χ0) is 15.0. The molecule has 112 valence electrons. The summed E-state index contributed by atoms with van der Waals surface area (Å²) in [7, 11) is 0. The molecule has 1 N–H and O–H groups in total. The minimum Gasteiger partial charge on any atom is -0.352 e. The number of nitrogens with one attached hydrogen (secondary N) is 1. The van der Waals surface area contributed by atoms with Crippen LogP contribution in [0.15, 0.2) is 18.2 Å². The van der Waals surface area contributed by atoms with Gasteiger partial charge in [-0.15, -0.1) is 0 Å². The number of carbonyl (C=O) groups excluding carboxylic acids is 2. The molecule has 1 saturated carbocycles. The number of amides is 2. The Kier molecular flexibility index (Phi) is 3.66. The second-order valence-corrected chi connectivity index (χ2v) is 5.92. The van der Waals surface area contributed by atoms with Gasteiger partial charge in [0.25, 0.3) is 5.91 Å². The highest BCUT2D eigenvalue weighted by atomic mass is 19.1. The lowest BCUT2D eigenvalue weighted by Gasteiger charge is -2.24. The Morgan fingerprint density at radius 3 is 2.71 bits per heavy atom. The van der Waals surface area contributed by atoms with Gasteiger partial charge >= 0.3 is 0 Å². The Hall–Kier alpha value is -1.91. The zero-order valence-corrected chi connectivity index (χ0v) is 12.1. The summed E-state index contributed by atoms with van der Waals surface area (Å²) in [5.74, 6) is -1.01. The van der Waals surface area contributed by atoms with E-state index >= 15 is 0 Å². The minimum absolute atomic E-state index is 0.0479. The number of nitrogens with zero attached hydrogens (tertiary/aromatic N) is 1. The maximum atomic E-state index is 14.0. The molecule has 0 radical (unpaired) electrons. The van der Waals surface area contributed by atoms with Crippen LogP contribution in [0.2, 0.25) is 0 Å². The van der Waals surface area contributed by atoms with Crippen molar-refractivity contribution in [2.24, 2.45) is 0 Å². The third kappa shape index (κ3) is 2.91. The first-order chi connectivity index (χ1) is 10.1. The summed E-state index contributed by atoms with van der Waals surface area (Å²) in [6, 6.07) is 4.38. The molecule has 21 heavy (non-hydrogen) atoms. The van der Waals surface area contributed by atoms with Crippen molar-refractivity contribution < 1.29 is 14.0 Å². The van der Waals surface area contributed by atoms with Gasteiger partial charge in [0.05, 0.1) is 5.56 Å². The van der Waals surface area contributed by atoms with Gasteiger partial charge in [-0.3, -0.25) is 9.59 Å². The molecule has 1 aliphatic heterocycles. The van der Waals surface area contributed by atoms with Crippen molar-refractivity contribution >= 4 is 11.8 Å². The number of halogens is 1. The third-order valence-corrected chi connectivity index (χ3v) is 4.10. The summed E-state index contributed by atoms with van der Waals surface area (Å²) in [6.45, 7) is 2.29. The van der Waals surface area contributed by atoms with E-state index in [0.717, 1.165) is 24.8 Å². The van der Waals surface area contributed by atoms with Gasteiger partial charge in [0, 0.05) is 12.6 Å². The van der Waals surface area contributed by atoms with Crippen molar-refractivity contribution in [1.82, 2.24) is 10.2 Å². The largest absolute Gasteiger partial charge is 0.352 e. The molecule has 5 heteroatoms. The van der Waals surface area contributed by atoms with Crippen LogP contribution in [0.5, 0.6) is 0 Å². The number of hydrogen-bond donors (Lipinski definition) is 1. The number of likely N-dealkylation sites (tertiary alicyclic amines) is 1. The average molecular weight is 290 g/mol. The number of benzene rings is 1. The summed E-state index contributed by atoms with van der Waals surface area (Å²) < 4.78 is 14.0. The topological polar surface area (TPSA) is 49.4 Å². The van der Waals surface area contributed by atoms with E-state index < -0.39 is 11.9 Å². The predicted molar refractivity (Wildman–Crippen MR) is 76.4 cm³/mol. The molecule has 0 bridgehead atoms. The van der Waals surface area contributed by atoms with E-state index in [1.165, 1.54) is 17.0 Å². The van der Waals surface area contributed by atoms with Gasteiger partial charge in [-0.05, 0) is 50.3 Å². The van der Waals surface area contributed by atoms with Crippen LogP contribution in [0.1, 0.15) is 41.6 Å². The molecule has 2 amide bonds. The monoisotopic (exact) mass is 290 g/mol. The number of hydrogen-bond acceptors (Lipinski definition) is 2. The summed E-state index contributed by atoms with van der Waals surface area (Å²) >= 11 is 0. The second kappa shape index (κ2) is 5.47. The van der Waals surface area contributed by atoms with Crippen LogP contribution >= 0.6 is 0 Å². The smallest absolute Gasteiger partial charge is 0.257 e. The van der Waals surface area contributed by atoms with Crippen molar-refractivity contribution in [3.8, 4) is 0 Å². The molecular weight excluding hydrogens is 271 g/mol. The summed E-state index contributed by atoms with van der Waals surface area (Å²) in [4.78, 5) is 26.2. The molecule has 4 nitrogen and oxygen atoms in total. The van der Waals surface area contributed by atoms with Gasteiger partial charge < -0.3 is 10.2 Å². The van der Waals surface area contributed by atoms with Crippen molar-refractivity contribution in [2.75, 3.05) is 6.54 Å². The molecular formula is C16H19FN2O2. The summed E-state index contributed by atoms with van der Waals surface area (Å²) in [5.41, 5.74) is 0.820. The first-order valence-electron chi connectivity index (χ1n) is 7.44. The Morgan fingerprint density at radius 1 is 1.29 bits per heavy atom. The average Bonchev–Trinajstić information content (AvgIpc) is 3.11. The second-order valence-electron chi connectivity index (χ2n) is 5.92. The van der Waals surface area contributed by atoms with Crippen LogP contribution in [-0.4, -0.2) is 35.3 Å². The zero-order valence-electron chi connectivity index (χ0n) is 12.1. The lowest BCUT2D eigenvalue weighted by molar-refractivity contribution is -0.125. The molecule has 1 heterocycles. The highest BCUT2D eigenvalue weighted by Crippen LogP contribution is 2.24. The molecule has 2 fully saturated rings. The summed E-state index contributed by atoms with van der Waals surface area (Å²) in [6.07, 6.45) is 3.46. The Balaban J connectivity index is 1.77. The third-order valence-electron chi connectivity index (χ3n) is 4.10. The molecule has 1 aromatic rings. The SMILES string of the molecule is Cc1ccc(C(=O)N2CCCC2C(=O)NC2CC2)c(F)c1. The van der Waals surface area contributed by atoms with Crippen LogP contribution in [0.4, 0.5) is 4.39 Å². The van der Waals surface area contributed by atoms with Crippen LogP contribution in [-0.2, 0) is 4.79 Å². The van der Waals surface area contributed by atoms with Gasteiger partial charge in [0.1, 0.15) is 11.9 Å². The highest BCUT2D eigenvalue weighted by Gasteiger charge is 2.37. The molecule has 1 atom stereocenters. The fraction of sp³-hybridized carbons (Fsp3) is 0.500. The first-order valence-corrected chi connectivity index (χ1v) is 7.44. The molecule has 3 rings (SSSR count). The minimum atomic E-state index is -0.520. The maximum Gasteiger partial charge on any atom is 0.257 e. The maximum absolute atomic E-state index is 14.0. The van der Waals surface area contributed by atoms with Crippen LogP contribution in [0.3, 0.4) is 0 Å².